The summed E-state index contributed by atoms with van der Waals surface area (Å²) >= 11 is 0. The van der Waals surface area contributed by atoms with Crippen molar-refractivity contribution in [3.63, 3.8) is 0 Å². The molecule has 0 bridgehead atoms. The Bertz CT molecular complexity index is 861. The third-order valence-electron chi connectivity index (χ3n) is 3.94. The zero-order chi connectivity index (χ0) is 18.0. The van der Waals surface area contributed by atoms with Crippen molar-refractivity contribution in [2.75, 3.05) is 13.2 Å². The number of phenolic OH excluding ortho intramolecular Hbond substituents is 2. The second-order valence-corrected chi connectivity index (χ2v) is 5.66. The van der Waals surface area contributed by atoms with E-state index >= 15 is 0 Å². The van der Waals surface area contributed by atoms with Crippen LogP contribution < -0.4 is 14.9 Å². The summed E-state index contributed by atoms with van der Waals surface area (Å²) in [6.07, 6.45) is 1.34. The van der Waals surface area contributed by atoms with Crippen LogP contribution >= 0.6 is 0 Å². The number of carbonyl (C=O) groups is 1. The van der Waals surface area contributed by atoms with Crippen LogP contribution in [0.25, 0.3) is 0 Å². The average molecular weight is 342 g/mol. The van der Waals surface area contributed by atoms with Gasteiger partial charge in [0.25, 0.3) is 5.91 Å². The molecule has 0 aliphatic carbocycles. The Balaban J connectivity index is 1.75. The zero-order valence-electron chi connectivity index (χ0n) is 13.9. The second-order valence-electron chi connectivity index (χ2n) is 5.66. The van der Waals surface area contributed by atoms with E-state index in [2.05, 4.69) is 10.5 Å². The van der Waals surface area contributed by atoms with E-state index in [4.69, 9.17) is 9.47 Å². The first-order valence-corrected chi connectivity index (χ1v) is 7.72. The van der Waals surface area contributed by atoms with Gasteiger partial charge in [0.15, 0.2) is 11.5 Å². The largest absolute Gasteiger partial charge is 0.508 e. The van der Waals surface area contributed by atoms with Crippen LogP contribution in [-0.4, -0.2) is 35.5 Å². The number of fused-ring (bicyclic) bond motifs is 1. The number of rotatable bonds is 3. The van der Waals surface area contributed by atoms with Gasteiger partial charge in [-0.15, -0.1) is 0 Å². The molecule has 0 unspecified atom stereocenters. The molecular formula is C18H18N2O5. The van der Waals surface area contributed by atoms with Gasteiger partial charge < -0.3 is 19.7 Å². The molecule has 0 spiro atoms. The molecule has 0 saturated carbocycles. The van der Waals surface area contributed by atoms with Crippen molar-refractivity contribution in [2.24, 2.45) is 5.10 Å². The minimum absolute atomic E-state index is 0.00691. The van der Waals surface area contributed by atoms with Gasteiger partial charge in [0.05, 0.1) is 6.21 Å². The van der Waals surface area contributed by atoms with Crippen LogP contribution in [0, 0.1) is 13.8 Å². The van der Waals surface area contributed by atoms with Gasteiger partial charge in [0.1, 0.15) is 24.7 Å². The molecule has 3 rings (SSSR count). The topological polar surface area (TPSA) is 100 Å². The highest BCUT2D eigenvalue weighted by molar-refractivity contribution is 5.96. The lowest BCUT2D eigenvalue weighted by molar-refractivity contribution is 0.0954. The van der Waals surface area contributed by atoms with Crippen molar-refractivity contribution in [1.82, 2.24) is 5.43 Å². The van der Waals surface area contributed by atoms with Crippen LogP contribution in [0.15, 0.2) is 29.4 Å². The number of hydrazone groups is 1. The van der Waals surface area contributed by atoms with Crippen LogP contribution in [-0.2, 0) is 0 Å². The Labute approximate surface area is 144 Å². The Morgan fingerprint density at radius 2 is 1.88 bits per heavy atom. The summed E-state index contributed by atoms with van der Waals surface area (Å²) in [6.45, 7) is 4.24. The first-order chi connectivity index (χ1) is 12.0. The molecule has 0 aromatic heterocycles. The summed E-state index contributed by atoms with van der Waals surface area (Å²) in [6, 6.07) is 6.41. The molecule has 130 valence electrons. The fourth-order valence-electron chi connectivity index (χ4n) is 2.47. The van der Waals surface area contributed by atoms with Gasteiger partial charge in [-0.2, -0.15) is 5.10 Å². The molecule has 2 aromatic carbocycles. The van der Waals surface area contributed by atoms with Gasteiger partial charge in [-0.3, -0.25) is 4.79 Å². The zero-order valence-corrected chi connectivity index (χ0v) is 13.9. The second kappa shape index (κ2) is 6.72. The molecule has 1 aliphatic rings. The van der Waals surface area contributed by atoms with E-state index in [1.54, 1.807) is 32.0 Å². The number of aryl methyl sites for hydroxylation is 1. The van der Waals surface area contributed by atoms with Crippen LogP contribution in [0.1, 0.15) is 27.0 Å². The molecule has 7 heteroatoms. The Morgan fingerprint density at radius 1 is 1.16 bits per heavy atom. The molecule has 25 heavy (non-hydrogen) atoms. The van der Waals surface area contributed by atoms with Crippen LogP contribution in [0.5, 0.6) is 23.0 Å². The Morgan fingerprint density at radius 3 is 2.64 bits per heavy atom. The minimum Gasteiger partial charge on any atom is -0.508 e. The maximum absolute atomic E-state index is 12.2. The minimum atomic E-state index is -0.416. The number of nitrogens with zero attached hydrogens (tertiary/aromatic N) is 1. The quantitative estimate of drug-likeness (QED) is 0.587. The van der Waals surface area contributed by atoms with Gasteiger partial charge in [-0.05, 0) is 43.7 Å². The number of aromatic hydroxyl groups is 2. The first-order valence-electron chi connectivity index (χ1n) is 7.72. The van der Waals surface area contributed by atoms with Crippen molar-refractivity contribution < 1.29 is 24.5 Å². The van der Waals surface area contributed by atoms with E-state index in [0.717, 1.165) is 0 Å². The molecule has 1 heterocycles. The van der Waals surface area contributed by atoms with E-state index in [1.165, 1.54) is 12.3 Å². The smallest absolute Gasteiger partial charge is 0.271 e. The van der Waals surface area contributed by atoms with E-state index in [-0.39, 0.29) is 11.5 Å². The standard InChI is InChI=1S/C18H18N2O5/c1-10-7-14(21)11(2)17(22)13(10)9-19-20-18(23)12-3-4-15-16(8-12)25-6-5-24-15/h3-4,7-9,21-22H,5-6H2,1-2H3,(H,20,23)/b19-9+. The lowest BCUT2D eigenvalue weighted by Crippen LogP contribution is -2.19. The molecule has 2 aromatic rings. The van der Waals surface area contributed by atoms with E-state index in [0.29, 0.717) is 47.0 Å². The molecule has 0 fully saturated rings. The number of hydrogen-bond donors (Lipinski definition) is 3. The van der Waals surface area contributed by atoms with Crippen molar-refractivity contribution in [3.05, 3.63) is 46.5 Å². The third-order valence-corrected chi connectivity index (χ3v) is 3.94. The molecule has 3 N–H and O–H groups in total. The van der Waals surface area contributed by atoms with Crippen LogP contribution in [0.2, 0.25) is 0 Å². The fourth-order valence-corrected chi connectivity index (χ4v) is 2.47. The van der Waals surface area contributed by atoms with Crippen molar-refractivity contribution in [2.45, 2.75) is 13.8 Å². The average Bonchev–Trinajstić information content (AvgIpc) is 2.62. The number of carbonyl (C=O) groups excluding carboxylic acids is 1. The summed E-state index contributed by atoms with van der Waals surface area (Å²) < 4.78 is 10.9. The van der Waals surface area contributed by atoms with Crippen molar-refractivity contribution in [1.29, 1.82) is 0 Å². The summed E-state index contributed by atoms with van der Waals surface area (Å²) in [7, 11) is 0. The first kappa shape index (κ1) is 16.6. The summed E-state index contributed by atoms with van der Waals surface area (Å²) in [5.41, 5.74) is 4.20. The highest BCUT2D eigenvalue weighted by Gasteiger charge is 2.15. The van der Waals surface area contributed by atoms with E-state index in [1.807, 2.05) is 0 Å². The summed E-state index contributed by atoms with van der Waals surface area (Å²) in [4.78, 5) is 12.2. The predicted molar refractivity (Wildman–Crippen MR) is 91.7 cm³/mol. The number of nitrogens with one attached hydrogen (secondary N) is 1. The molecule has 0 radical (unpaired) electrons. The Kier molecular flexibility index (Phi) is 4.47. The number of phenols is 2. The fraction of sp³-hybridized carbons (Fsp3) is 0.222. The van der Waals surface area contributed by atoms with Crippen LogP contribution in [0.4, 0.5) is 0 Å². The lowest BCUT2D eigenvalue weighted by Gasteiger charge is -2.18. The van der Waals surface area contributed by atoms with Crippen LogP contribution in [0.3, 0.4) is 0 Å². The molecule has 0 atom stereocenters. The lowest BCUT2D eigenvalue weighted by atomic mass is 10.0. The predicted octanol–water partition coefficient (Wildman–Crippen LogP) is 2.25. The number of benzene rings is 2. The van der Waals surface area contributed by atoms with E-state index < -0.39 is 5.91 Å². The summed E-state index contributed by atoms with van der Waals surface area (Å²) in [5, 5.41) is 23.6. The normalized spacial score (nSPS) is 13.0. The highest BCUT2D eigenvalue weighted by Crippen LogP contribution is 2.32. The highest BCUT2D eigenvalue weighted by atomic mass is 16.6. The van der Waals surface area contributed by atoms with E-state index in [9.17, 15) is 15.0 Å². The molecular weight excluding hydrogens is 324 g/mol. The molecule has 1 amide bonds. The number of ether oxygens (including phenoxy) is 2. The maximum Gasteiger partial charge on any atom is 0.271 e. The molecule has 0 saturated heterocycles. The van der Waals surface area contributed by atoms with Gasteiger partial charge in [-0.25, -0.2) is 5.43 Å². The SMILES string of the molecule is Cc1cc(O)c(C)c(O)c1/C=N/NC(=O)c1ccc2c(c1)OCCO2. The van der Waals surface area contributed by atoms with Crippen molar-refractivity contribution >= 4 is 12.1 Å². The van der Waals surface area contributed by atoms with Gasteiger partial charge in [-0.1, -0.05) is 0 Å². The third kappa shape index (κ3) is 3.35. The summed E-state index contributed by atoms with van der Waals surface area (Å²) in [5.74, 6) is 0.639. The monoisotopic (exact) mass is 342 g/mol. The Hall–Kier alpha value is -3.22. The molecule has 7 nitrogen and oxygen atoms in total. The van der Waals surface area contributed by atoms with Gasteiger partial charge >= 0.3 is 0 Å². The van der Waals surface area contributed by atoms with Gasteiger partial charge in [0.2, 0.25) is 0 Å². The maximum atomic E-state index is 12.2. The number of amides is 1. The number of hydrogen-bond acceptors (Lipinski definition) is 6. The molecule has 1 aliphatic heterocycles. The van der Waals surface area contributed by atoms with Gasteiger partial charge in [0, 0.05) is 16.7 Å². The van der Waals surface area contributed by atoms with Crippen molar-refractivity contribution in [3.8, 4) is 23.0 Å².